The average molecular weight is 556 g/mol. The molecule has 208 valence electrons. The van der Waals surface area contributed by atoms with Crippen molar-refractivity contribution in [1.82, 2.24) is 19.7 Å². The number of para-hydroxylation sites is 1. The molecule has 0 spiro atoms. The normalized spacial score (nSPS) is 14.0. The third kappa shape index (κ3) is 7.25. The van der Waals surface area contributed by atoms with Crippen molar-refractivity contribution in [1.29, 1.82) is 0 Å². The van der Waals surface area contributed by atoms with E-state index < -0.39 is 0 Å². The fourth-order valence-electron chi connectivity index (χ4n) is 5.23. The molecule has 1 aliphatic rings. The highest BCUT2D eigenvalue weighted by atomic mass is 32.1. The van der Waals surface area contributed by atoms with Crippen LogP contribution < -0.4 is 5.32 Å². The zero-order valence-corrected chi connectivity index (χ0v) is 23.9. The number of aromatic nitrogens is 1. The molecule has 2 heterocycles. The van der Waals surface area contributed by atoms with Crippen LogP contribution >= 0.6 is 11.3 Å². The summed E-state index contributed by atoms with van der Waals surface area (Å²) in [6.45, 7) is 4.42. The van der Waals surface area contributed by atoms with Gasteiger partial charge in [0, 0.05) is 51.6 Å². The summed E-state index contributed by atoms with van der Waals surface area (Å²) < 4.78 is 1.04. The minimum absolute atomic E-state index is 0.159. The summed E-state index contributed by atoms with van der Waals surface area (Å²) >= 11 is 1.47. The maximum atomic E-state index is 13.6. The first-order valence-electron chi connectivity index (χ1n) is 14.0. The minimum atomic E-state index is -0.175. The fourth-order valence-corrected chi connectivity index (χ4v) is 6.08. The molecule has 0 saturated carbocycles. The van der Waals surface area contributed by atoms with Crippen molar-refractivity contribution < 1.29 is 9.59 Å². The van der Waals surface area contributed by atoms with Crippen LogP contribution in [-0.2, 0) is 4.79 Å². The van der Waals surface area contributed by atoms with Crippen LogP contribution in [-0.4, -0.2) is 77.9 Å². The number of thiazole rings is 1. The maximum absolute atomic E-state index is 13.6. The molecule has 1 aliphatic heterocycles. The van der Waals surface area contributed by atoms with Gasteiger partial charge in [-0.3, -0.25) is 10.1 Å². The number of anilines is 1. The molecule has 0 aliphatic carbocycles. The number of rotatable bonds is 10. The van der Waals surface area contributed by atoms with E-state index in [-0.39, 0.29) is 17.9 Å². The molecular weight excluding hydrogens is 518 g/mol. The zero-order chi connectivity index (χ0) is 27.7. The third-order valence-corrected chi connectivity index (χ3v) is 8.51. The van der Waals surface area contributed by atoms with Gasteiger partial charge in [0.1, 0.15) is 0 Å². The fraction of sp³-hybridized carbons (Fsp3) is 0.344. The number of nitrogens with one attached hydrogen (secondary N) is 1. The molecule has 3 amide bonds. The van der Waals surface area contributed by atoms with Crippen molar-refractivity contribution in [3.05, 3.63) is 96.1 Å². The van der Waals surface area contributed by atoms with Crippen molar-refractivity contribution in [3.8, 4) is 0 Å². The van der Waals surface area contributed by atoms with Crippen LogP contribution in [0.5, 0.6) is 0 Å². The highest BCUT2D eigenvalue weighted by Gasteiger charge is 2.22. The molecule has 1 aromatic heterocycles. The van der Waals surface area contributed by atoms with Gasteiger partial charge >= 0.3 is 6.03 Å². The predicted molar refractivity (Wildman–Crippen MR) is 163 cm³/mol. The number of carbonyl (C=O) groups is 2. The lowest BCUT2D eigenvalue weighted by Gasteiger charge is -2.32. The summed E-state index contributed by atoms with van der Waals surface area (Å²) in [7, 11) is 2.09. The van der Waals surface area contributed by atoms with E-state index in [1.807, 2.05) is 46.2 Å². The number of hydrogen-bond donors (Lipinski definition) is 1. The van der Waals surface area contributed by atoms with Crippen molar-refractivity contribution in [3.63, 3.8) is 0 Å². The highest BCUT2D eigenvalue weighted by molar-refractivity contribution is 7.22. The Morgan fingerprint density at radius 3 is 2.15 bits per heavy atom. The molecule has 7 nitrogen and oxygen atoms in total. The Morgan fingerprint density at radius 1 is 0.875 bits per heavy atom. The van der Waals surface area contributed by atoms with Gasteiger partial charge in [-0.25, -0.2) is 9.78 Å². The highest BCUT2D eigenvalue weighted by Crippen LogP contribution is 2.29. The summed E-state index contributed by atoms with van der Waals surface area (Å²) in [5.41, 5.74) is 3.33. The Kier molecular flexibility index (Phi) is 9.42. The minimum Gasteiger partial charge on any atom is -0.340 e. The lowest BCUT2D eigenvalue weighted by molar-refractivity contribution is -0.132. The Hall–Kier alpha value is -3.75. The largest absolute Gasteiger partial charge is 0.340 e. The SMILES string of the molecule is CN1CCN(C(=O)CCCN(CCC(c2ccccc2)c2ccccc2)C(=O)Nc2nc3ccccc3s2)CC1. The van der Waals surface area contributed by atoms with Crippen molar-refractivity contribution in [2.24, 2.45) is 0 Å². The number of amides is 3. The molecular formula is C32H37N5O2S. The molecule has 0 unspecified atom stereocenters. The van der Waals surface area contributed by atoms with Gasteiger partial charge in [0.05, 0.1) is 10.2 Å². The molecule has 1 N–H and O–H groups in total. The molecule has 5 rings (SSSR count). The molecule has 0 radical (unpaired) electrons. The van der Waals surface area contributed by atoms with Crippen LogP contribution in [0, 0.1) is 0 Å². The number of likely N-dealkylation sites (N-methyl/N-ethyl adjacent to an activating group) is 1. The molecule has 0 bridgehead atoms. The van der Waals surface area contributed by atoms with E-state index in [0.717, 1.165) is 42.8 Å². The maximum Gasteiger partial charge on any atom is 0.323 e. The number of carbonyl (C=O) groups excluding carboxylic acids is 2. The van der Waals surface area contributed by atoms with Gasteiger partial charge in [0.25, 0.3) is 0 Å². The van der Waals surface area contributed by atoms with Crippen LogP contribution in [0.4, 0.5) is 9.93 Å². The molecule has 4 aromatic rings. The first kappa shape index (κ1) is 27.8. The second-order valence-electron chi connectivity index (χ2n) is 10.4. The molecule has 1 fully saturated rings. The number of fused-ring (bicyclic) bond motifs is 1. The molecule has 0 atom stereocenters. The lowest BCUT2D eigenvalue weighted by Crippen LogP contribution is -2.47. The average Bonchev–Trinajstić information content (AvgIpc) is 3.40. The summed E-state index contributed by atoms with van der Waals surface area (Å²) in [5.74, 6) is 0.332. The number of hydrogen-bond acceptors (Lipinski definition) is 5. The van der Waals surface area contributed by atoms with Gasteiger partial charge in [-0.05, 0) is 43.1 Å². The van der Waals surface area contributed by atoms with Crippen molar-refractivity contribution in [2.75, 3.05) is 51.6 Å². The van der Waals surface area contributed by atoms with Crippen LogP contribution in [0.25, 0.3) is 10.2 Å². The van der Waals surface area contributed by atoms with Crippen LogP contribution in [0.1, 0.15) is 36.3 Å². The number of urea groups is 1. The van der Waals surface area contributed by atoms with E-state index in [4.69, 9.17) is 0 Å². The van der Waals surface area contributed by atoms with E-state index in [1.165, 1.54) is 22.5 Å². The van der Waals surface area contributed by atoms with E-state index in [0.29, 0.717) is 31.1 Å². The molecule has 3 aromatic carbocycles. The summed E-state index contributed by atoms with van der Waals surface area (Å²) in [4.78, 5) is 37.1. The Balaban J connectivity index is 1.28. The van der Waals surface area contributed by atoms with E-state index >= 15 is 0 Å². The number of nitrogens with zero attached hydrogens (tertiary/aromatic N) is 4. The van der Waals surface area contributed by atoms with Crippen molar-refractivity contribution >= 4 is 38.6 Å². The van der Waals surface area contributed by atoms with Gasteiger partial charge < -0.3 is 14.7 Å². The first-order chi connectivity index (χ1) is 19.6. The smallest absolute Gasteiger partial charge is 0.323 e. The standard InChI is InChI=1S/C32H37N5O2S/c1-35-21-23-36(24-22-35)30(38)17-10-19-37(32(39)34-31-33-28-15-8-9-16-29(28)40-31)20-18-27(25-11-4-2-5-12-25)26-13-6-3-7-14-26/h2-9,11-16,27H,10,17-24H2,1H3,(H,33,34,39). The number of piperazine rings is 1. The lowest BCUT2D eigenvalue weighted by atomic mass is 9.88. The zero-order valence-electron chi connectivity index (χ0n) is 23.0. The number of benzene rings is 3. The van der Waals surface area contributed by atoms with Gasteiger partial charge in [0.15, 0.2) is 5.13 Å². The van der Waals surface area contributed by atoms with Crippen molar-refractivity contribution in [2.45, 2.75) is 25.2 Å². The Bertz CT molecular complexity index is 1310. The third-order valence-electron chi connectivity index (χ3n) is 7.56. The van der Waals surface area contributed by atoms with Crippen LogP contribution in [0.15, 0.2) is 84.9 Å². The van der Waals surface area contributed by atoms with Gasteiger partial charge in [-0.2, -0.15) is 0 Å². The van der Waals surface area contributed by atoms with Gasteiger partial charge in [-0.15, -0.1) is 0 Å². The van der Waals surface area contributed by atoms with E-state index in [1.54, 1.807) is 0 Å². The van der Waals surface area contributed by atoms with Crippen LogP contribution in [0.2, 0.25) is 0 Å². The quantitative estimate of drug-likeness (QED) is 0.264. The van der Waals surface area contributed by atoms with Gasteiger partial charge in [0.2, 0.25) is 5.91 Å². The molecule has 40 heavy (non-hydrogen) atoms. The van der Waals surface area contributed by atoms with E-state index in [9.17, 15) is 9.59 Å². The summed E-state index contributed by atoms with van der Waals surface area (Å²) in [5, 5.41) is 3.62. The molecule has 8 heteroatoms. The second-order valence-corrected chi connectivity index (χ2v) is 11.4. The second kappa shape index (κ2) is 13.5. The van der Waals surface area contributed by atoms with Gasteiger partial charge in [-0.1, -0.05) is 84.1 Å². The molecule has 1 saturated heterocycles. The van der Waals surface area contributed by atoms with Crippen LogP contribution in [0.3, 0.4) is 0 Å². The predicted octanol–water partition coefficient (Wildman–Crippen LogP) is 5.91. The summed E-state index contributed by atoms with van der Waals surface area (Å²) in [6.07, 6.45) is 1.84. The van der Waals surface area contributed by atoms with E-state index in [2.05, 4.69) is 70.8 Å². The summed E-state index contributed by atoms with van der Waals surface area (Å²) in [6, 6.07) is 28.6. The first-order valence-corrected chi connectivity index (χ1v) is 14.9. The Labute approximate surface area is 240 Å². The monoisotopic (exact) mass is 555 g/mol. The topological polar surface area (TPSA) is 68.8 Å². The Morgan fingerprint density at radius 2 is 1.50 bits per heavy atom.